The number of aromatic carboxylic acids is 1. The molecular weight excluding hydrogens is 294 g/mol. The summed E-state index contributed by atoms with van der Waals surface area (Å²) in [7, 11) is -3.73. The molecule has 0 spiro atoms. The summed E-state index contributed by atoms with van der Waals surface area (Å²) in [6, 6.07) is 5.17. The molecule has 7 heteroatoms. The summed E-state index contributed by atoms with van der Waals surface area (Å²) in [5.74, 6) is -1.15. The quantitative estimate of drug-likeness (QED) is 0.854. The van der Waals surface area contributed by atoms with Crippen molar-refractivity contribution in [3.05, 3.63) is 29.8 Å². The Kier molecular flexibility index (Phi) is 4.97. The first-order valence-electron chi connectivity index (χ1n) is 6.93. The van der Waals surface area contributed by atoms with Gasteiger partial charge >= 0.3 is 5.97 Å². The van der Waals surface area contributed by atoms with Gasteiger partial charge in [-0.05, 0) is 37.5 Å². The molecule has 0 amide bonds. The van der Waals surface area contributed by atoms with E-state index in [1.165, 1.54) is 28.6 Å². The van der Waals surface area contributed by atoms with Gasteiger partial charge < -0.3 is 10.2 Å². The first kappa shape index (κ1) is 15.9. The summed E-state index contributed by atoms with van der Waals surface area (Å²) < 4.78 is 26.8. The molecule has 2 N–H and O–H groups in total. The van der Waals surface area contributed by atoms with Crippen LogP contribution in [0.5, 0.6) is 0 Å². The number of benzene rings is 1. The molecule has 1 aliphatic heterocycles. The Bertz CT molecular complexity index is 612. The van der Waals surface area contributed by atoms with Crippen molar-refractivity contribution in [2.45, 2.75) is 36.6 Å². The molecule has 1 fully saturated rings. The van der Waals surface area contributed by atoms with E-state index in [0.29, 0.717) is 13.0 Å². The monoisotopic (exact) mass is 313 g/mol. The molecule has 0 aromatic heterocycles. The molecule has 2 rings (SSSR count). The lowest BCUT2D eigenvalue weighted by Gasteiger charge is -2.34. The van der Waals surface area contributed by atoms with Gasteiger partial charge in [-0.2, -0.15) is 4.31 Å². The number of hydrogen-bond donors (Lipinski definition) is 2. The van der Waals surface area contributed by atoms with Crippen LogP contribution in [0, 0.1) is 0 Å². The van der Waals surface area contributed by atoms with Crippen molar-refractivity contribution in [1.82, 2.24) is 4.31 Å². The van der Waals surface area contributed by atoms with Crippen LogP contribution in [0.3, 0.4) is 0 Å². The highest BCUT2D eigenvalue weighted by molar-refractivity contribution is 7.89. The zero-order valence-electron chi connectivity index (χ0n) is 11.6. The number of carboxylic acid groups (broad SMARTS) is 1. The second-order valence-electron chi connectivity index (χ2n) is 5.11. The molecule has 0 aliphatic carbocycles. The van der Waals surface area contributed by atoms with E-state index >= 15 is 0 Å². The van der Waals surface area contributed by atoms with Crippen molar-refractivity contribution in [2.75, 3.05) is 13.2 Å². The fraction of sp³-hybridized carbons (Fsp3) is 0.500. The van der Waals surface area contributed by atoms with E-state index in [1.807, 2.05) is 0 Å². The van der Waals surface area contributed by atoms with Gasteiger partial charge in [-0.1, -0.05) is 12.5 Å². The standard InChI is InChI=1S/C14H19NO5S/c16-9-7-12-5-1-2-8-15(12)21(19,20)13-6-3-4-11(10-13)14(17)18/h3-4,6,10,12,16H,1-2,5,7-9H2,(H,17,18). The number of rotatable bonds is 5. The highest BCUT2D eigenvalue weighted by Gasteiger charge is 2.33. The van der Waals surface area contributed by atoms with Crippen LogP contribution in [0.25, 0.3) is 0 Å². The molecule has 1 atom stereocenters. The van der Waals surface area contributed by atoms with Gasteiger partial charge in [0.15, 0.2) is 0 Å². The second kappa shape index (κ2) is 6.55. The van der Waals surface area contributed by atoms with Gasteiger partial charge in [-0.3, -0.25) is 0 Å². The summed E-state index contributed by atoms with van der Waals surface area (Å²) in [5, 5.41) is 18.1. The Morgan fingerprint density at radius 1 is 1.33 bits per heavy atom. The summed E-state index contributed by atoms with van der Waals surface area (Å²) in [4.78, 5) is 11.0. The van der Waals surface area contributed by atoms with Crippen molar-refractivity contribution in [3.8, 4) is 0 Å². The van der Waals surface area contributed by atoms with Gasteiger partial charge in [0, 0.05) is 19.2 Å². The SMILES string of the molecule is O=C(O)c1cccc(S(=O)(=O)N2CCCCC2CCO)c1. The fourth-order valence-electron chi connectivity index (χ4n) is 2.65. The highest BCUT2D eigenvalue weighted by atomic mass is 32.2. The summed E-state index contributed by atoms with van der Waals surface area (Å²) in [6.07, 6.45) is 2.84. The maximum absolute atomic E-state index is 12.7. The molecule has 21 heavy (non-hydrogen) atoms. The normalized spacial score (nSPS) is 20.3. The van der Waals surface area contributed by atoms with Crippen LogP contribution in [-0.2, 0) is 10.0 Å². The Hall–Kier alpha value is -1.44. The van der Waals surface area contributed by atoms with E-state index in [-0.39, 0.29) is 23.1 Å². The van der Waals surface area contributed by atoms with Gasteiger partial charge in [0.1, 0.15) is 0 Å². The van der Waals surface area contributed by atoms with E-state index in [9.17, 15) is 13.2 Å². The molecule has 0 saturated carbocycles. The lowest BCUT2D eigenvalue weighted by Crippen LogP contribution is -2.44. The second-order valence-corrected chi connectivity index (χ2v) is 7.00. The van der Waals surface area contributed by atoms with Crippen LogP contribution in [0.15, 0.2) is 29.2 Å². The van der Waals surface area contributed by atoms with E-state index in [0.717, 1.165) is 19.3 Å². The maximum atomic E-state index is 12.7. The molecule has 1 aromatic carbocycles. The Labute approximate surface area is 124 Å². The van der Waals surface area contributed by atoms with Crippen LogP contribution >= 0.6 is 0 Å². The molecule has 6 nitrogen and oxygen atoms in total. The molecule has 1 aromatic rings. The number of piperidine rings is 1. The van der Waals surface area contributed by atoms with Crippen molar-refractivity contribution in [3.63, 3.8) is 0 Å². The Balaban J connectivity index is 2.35. The van der Waals surface area contributed by atoms with E-state index in [4.69, 9.17) is 10.2 Å². The number of carboxylic acids is 1. The van der Waals surface area contributed by atoms with Crippen LogP contribution in [0.4, 0.5) is 0 Å². The van der Waals surface area contributed by atoms with Gasteiger partial charge in [-0.25, -0.2) is 13.2 Å². The minimum absolute atomic E-state index is 0.00719. The van der Waals surface area contributed by atoms with Crippen molar-refractivity contribution in [1.29, 1.82) is 0 Å². The van der Waals surface area contributed by atoms with Gasteiger partial charge in [0.2, 0.25) is 10.0 Å². The largest absolute Gasteiger partial charge is 0.478 e. The lowest BCUT2D eigenvalue weighted by atomic mass is 10.0. The number of carbonyl (C=O) groups is 1. The molecule has 1 saturated heterocycles. The molecule has 1 heterocycles. The van der Waals surface area contributed by atoms with Gasteiger partial charge in [-0.15, -0.1) is 0 Å². The molecule has 116 valence electrons. The van der Waals surface area contributed by atoms with Crippen molar-refractivity contribution in [2.24, 2.45) is 0 Å². The maximum Gasteiger partial charge on any atom is 0.335 e. The zero-order chi connectivity index (χ0) is 15.5. The van der Waals surface area contributed by atoms with E-state index in [2.05, 4.69) is 0 Å². The predicted octanol–water partition coefficient (Wildman–Crippen LogP) is 1.31. The Morgan fingerprint density at radius 3 is 2.76 bits per heavy atom. The third-order valence-electron chi connectivity index (χ3n) is 3.72. The molecule has 1 unspecified atom stereocenters. The zero-order valence-corrected chi connectivity index (χ0v) is 12.4. The van der Waals surface area contributed by atoms with Gasteiger partial charge in [0.25, 0.3) is 0 Å². The average Bonchev–Trinajstić information content (AvgIpc) is 2.48. The predicted molar refractivity (Wildman–Crippen MR) is 76.6 cm³/mol. The number of hydrogen-bond acceptors (Lipinski definition) is 4. The minimum atomic E-state index is -3.73. The topological polar surface area (TPSA) is 94.9 Å². The molecule has 0 bridgehead atoms. The smallest absolute Gasteiger partial charge is 0.335 e. The first-order chi connectivity index (χ1) is 9.96. The summed E-state index contributed by atoms with van der Waals surface area (Å²) in [5.41, 5.74) is -0.0493. The third kappa shape index (κ3) is 3.42. The molecular formula is C14H19NO5S. The van der Waals surface area contributed by atoms with Crippen molar-refractivity contribution >= 4 is 16.0 Å². The lowest BCUT2D eigenvalue weighted by molar-refractivity contribution is 0.0696. The summed E-state index contributed by atoms with van der Waals surface area (Å²) >= 11 is 0. The van der Waals surface area contributed by atoms with E-state index < -0.39 is 16.0 Å². The highest BCUT2D eigenvalue weighted by Crippen LogP contribution is 2.27. The van der Waals surface area contributed by atoms with Crippen molar-refractivity contribution < 1.29 is 23.4 Å². The number of nitrogens with zero attached hydrogens (tertiary/aromatic N) is 1. The number of aliphatic hydroxyl groups is 1. The first-order valence-corrected chi connectivity index (χ1v) is 8.37. The van der Waals surface area contributed by atoms with Crippen LogP contribution < -0.4 is 0 Å². The average molecular weight is 313 g/mol. The van der Waals surface area contributed by atoms with Crippen LogP contribution in [-0.4, -0.2) is 48.1 Å². The van der Waals surface area contributed by atoms with Gasteiger partial charge in [0.05, 0.1) is 10.5 Å². The molecule has 0 radical (unpaired) electrons. The number of aliphatic hydroxyl groups excluding tert-OH is 1. The van der Waals surface area contributed by atoms with Crippen LogP contribution in [0.1, 0.15) is 36.0 Å². The molecule has 1 aliphatic rings. The number of sulfonamides is 1. The third-order valence-corrected chi connectivity index (χ3v) is 5.67. The Morgan fingerprint density at radius 2 is 2.10 bits per heavy atom. The van der Waals surface area contributed by atoms with E-state index in [1.54, 1.807) is 0 Å². The fourth-order valence-corrected chi connectivity index (χ4v) is 4.42. The van der Waals surface area contributed by atoms with Crippen LogP contribution in [0.2, 0.25) is 0 Å². The summed E-state index contributed by atoms with van der Waals surface area (Å²) in [6.45, 7) is 0.343. The minimum Gasteiger partial charge on any atom is -0.478 e.